The van der Waals surface area contributed by atoms with E-state index in [1.54, 1.807) is 17.5 Å². The minimum absolute atomic E-state index is 0.0229. The molecule has 4 rings (SSSR count). The number of aromatic nitrogens is 3. The van der Waals surface area contributed by atoms with Gasteiger partial charge in [-0.3, -0.25) is 0 Å². The molecule has 0 aliphatic heterocycles. The monoisotopic (exact) mass is 295 g/mol. The van der Waals surface area contributed by atoms with Crippen LogP contribution in [-0.4, -0.2) is 19.6 Å². The number of aliphatic hydroxyl groups excluding tert-OH is 1. The molecule has 0 spiro atoms. The van der Waals surface area contributed by atoms with Gasteiger partial charge in [0.1, 0.15) is 10.7 Å². The molecule has 0 fully saturated rings. The minimum atomic E-state index is 0.0229. The zero-order valence-electron chi connectivity index (χ0n) is 11.2. The van der Waals surface area contributed by atoms with E-state index in [-0.39, 0.29) is 6.61 Å². The summed E-state index contributed by atoms with van der Waals surface area (Å²) in [4.78, 5) is 9.09. The van der Waals surface area contributed by atoms with Crippen molar-refractivity contribution in [3.05, 3.63) is 59.4 Å². The number of hydrogen-bond acceptors (Lipinski definition) is 4. The lowest BCUT2D eigenvalue weighted by atomic mass is 10.2. The molecular formula is C16H13N3OS. The average Bonchev–Trinajstić information content (AvgIpc) is 3.08. The van der Waals surface area contributed by atoms with Gasteiger partial charge in [-0.2, -0.15) is 0 Å². The van der Waals surface area contributed by atoms with Crippen molar-refractivity contribution in [3.8, 4) is 0 Å². The Balaban J connectivity index is 1.80. The molecule has 0 radical (unpaired) electrons. The van der Waals surface area contributed by atoms with Gasteiger partial charge in [-0.1, -0.05) is 12.1 Å². The molecule has 0 saturated heterocycles. The van der Waals surface area contributed by atoms with E-state index in [1.807, 2.05) is 36.5 Å². The standard InChI is InChI=1S/C16H13N3OS/c20-10-11-8-19(16-12(11)4-3-7-17-16)9-15-18-13-5-1-2-6-14(13)21-15/h1-8,20H,9-10H2. The van der Waals surface area contributed by atoms with Crippen LogP contribution in [0.15, 0.2) is 48.8 Å². The van der Waals surface area contributed by atoms with Crippen LogP contribution in [0.5, 0.6) is 0 Å². The van der Waals surface area contributed by atoms with Crippen LogP contribution < -0.4 is 0 Å². The molecule has 3 heterocycles. The second-order valence-corrected chi connectivity index (χ2v) is 6.01. The van der Waals surface area contributed by atoms with Crippen molar-refractivity contribution < 1.29 is 5.11 Å². The van der Waals surface area contributed by atoms with Gasteiger partial charge in [0, 0.05) is 23.3 Å². The molecule has 104 valence electrons. The summed E-state index contributed by atoms with van der Waals surface area (Å²) in [5, 5.41) is 11.5. The van der Waals surface area contributed by atoms with Crippen LogP contribution >= 0.6 is 11.3 Å². The molecule has 0 atom stereocenters. The molecule has 1 aromatic carbocycles. The van der Waals surface area contributed by atoms with Crippen LogP contribution in [0, 0.1) is 0 Å². The van der Waals surface area contributed by atoms with E-state index in [0.717, 1.165) is 27.1 Å². The zero-order valence-corrected chi connectivity index (χ0v) is 12.0. The van der Waals surface area contributed by atoms with E-state index >= 15 is 0 Å². The Morgan fingerprint density at radius 1 is 1.14 bits per heavy atom. The molecule has 5 heteroatoms. The van der Waals surface area contributed by atoms with E-state index in [1.165, 1.54) is 4.70 Å². The summed E-state index contributed by atoms with van der Waals surface area (Å²) >= 11 is 1.70. The van der Waals surface area contributed by atoms with Gasteiger partial charge in [-0.15, -0.1) is 11.3 Å². The third-order valence-corrected chi connectivity index (χ3v) is 4.55. The summed E-state index contributed by atoms with van der Waals surface area (Å²) in [7, 11) is 0. The summed E-state index contributed by atoms with van der Waals surface area (Å²) in [5.74, 6) is 0. The van der Waals surface area contributed by atoms with Crippen LogP contribution in [0.3, 0.4) is 0 Å². The third kappa shape index (κ3) is 2.11. The smallest absolute Gasteiger partial charge is 0.140 e. The summed E-state index contributed by atoms with van der Waals surface area (Å²) in [6.45, 7) is 0.696. The molecule has 1 N–H and O–H groups in total. The Hall–Kier alpha value is -2.24. The highest BCUT2D eigenvalue weighted by molar-refractivity contribution is 7.18. The quantitative estimate of drug-likeness (QED) is 0.631. The number of fused-ring (bicyclic) bond motifs is 2. The Bertz CT molecular complexity index is 892. The molecule has 21 heavy (non-hydrogen) atoms. The average molecular weight is 295 g/mol. The maximum Gasteiger partial charge on any atom is 0.140 e. The van der Waals surface area contributed by atoms with Crippen molar-refractivity contribution in [2.75, 3.05) is 0 Å². The first-order valence-electron chi connectivity index (χ1n) is 6.73. The lowest BCUT2D eigenvalue weighted by molar-refractivity contribution is 0.283. The highest BCUT2D eigenvalue weighted by atomic mass is 32.1. The number of aliphatic hydroxyl groups is 1. The predicted molar refractivity (Wildman–Crippen MR) is 84.4 cm³/mol. The van der Waals surface area contributed by atoms with Crippen LogP contribution in [0.25, 0.3) is 21.3 Å². The number of benzene rings is 1. The van der Waals surface area contributed by atoms with Crippen molar-refractivity contribution in [2.45, 2.75) is 13.2 Å². The maximum atomic E-state index is 9.48. The van der Waals surface area contributed by atoms with Gasteiger partial charge in [0.25, 0.3) is 0 Å². The molecule has 0 saturated carbocycles. The van der Waals surface area contributed by atoms with Crippen molar-refractivity contribution in [3.63, 3.8) is 0 Å². The lowest BCUT2D eigenvalue weighted by Crippen LogP contribution is -1.98. The van der Waals surface area contributed by atoms with E-state index in [9.17, 15) is 5.11 Å². The summed E-state index contributed by atoms with van der Waals surface area (Å²) < 4.78 is 3.25. The summed E-state index contributed by atoms with van der Waals surface area (Å²) in [5.41, 5.74) is 2.82. The fourth-order valence-electron chi connectivity index (χ4n) is 2.58. The van der Waals surface area contributed by atoms with Gasteiger partial charge in [-0.05, 0) is 24.3 Å². The fraction of sp³-hybridized carbons (Fsp3) is 0.125. The lowest BCUT2D eigenvalue weighted by Gasteiger charge is -2.00. The van der Waals surface area contributed by atoms with Gasteiger partial charge >= 0.3 is 0 Å². The molecule has 4 aromatic rings. The first-order valence-corrected chi connectivity index (χ1v) is 7.55. The topological polar surface area (TPSA) is 50.9 Å². The number of hydrogen-bond donors (Lipinski definition) is 1. The largest absolute Gasteiger partial charge is 0.392 e. The Labute approximate surface area is 125 Å². The second kappa shape index (κ2) is 4.95. The first-order chi connectivity index (χ1) is 10.3. The van der Waals surface area contributed by atoms with Crippen molar-refractivity contribution in [2.24, 2.45) is 0 Å². The molecule has 0 aliphatic carbocycles. The van der Waals surface area contributed by atoms with E-state index < -0.39 is 0 Å². The second-order valence-electron chi connectivity index (χ2n) is 4.89. The number of thiazole rings is 1. The van der Waals surface area contributed by atoms with Gasteiger partial charge in [-0.25, -0.2) is 9.97 Å². The number of nitrogens with zero attached hydrogens (tertiary/aromatic N) is 3. The van der Waals surface area contributed by atoms with Crippen LogP contribution in [0.2, 0.25) is 0 Å². The van der Waals surface area contributed by atoms with E-state index in [4.69, 9.17) is 0 Å². The Kier molecular flexibility index (Phi) is 2.94. The molecule has 0 amide bonds. The molecule has 0 aliphatic rings. The highest BCUT2D eigenvalue weighted by Crippen LogP contribution is 2.25. The number of para-hydroxylation sites is 1. The van der Waals surface area contributed by atoms with Crippen LogP contribution in [0.1, 0.15) is 10.6 Å². The molecule has 0 unspecified atom stereocenters. The Morgan fingerprint density at radius 3 is 2.90 bits per heavy atom. The summed E-state index contributed by atoms with van der Waals surface area (Å²) in [6, 6.07) is 12.0. The fourth-order valence-corrected chi connectivity index (χ4v) is 3.54. The SMILES string of the molecule is OCc1cn(Cc2nc3ccccc3s2)c2ncccc12. The molecule has 4 nitrogen and oxygen atoms in total. The molecular weight excluding hydrogens is 282 g/mol. The van der Waals surface area contributed by atoms with Crippen LogP contribution in [-0.2, 0) is 13.2 Å². The minimum Gasteiger partial charge on any atom is -0.392 e. The van der Waals surface area contributed by atoms with Gasteiger partial charge in [0.2, 0.25) is 0 Å². The Morgan fingerprint density at radius 2 is 2.05 bits per heavy atom. The maximum absolute atomic E-state index is 9.48. The summed E-state index contributed by atoms with van der Waals surface area (Å²) in [6.07, 6.45) is 3.74. The van der Waals surface area contributed by atoms with Crippen molar-refractivity contribution >= 4 is 32.6 Å². The number of pyridine rings is 1. The zero-order chi connectivity index (χ0) is 14.2. The number of rotatable bonds is 3. The van der Waals surface area contributed by atoms with Gasteiger partial charge in [0.05, 0.1) is 23.4 Å². The van der Waals surface area contributed by atoms with Gasteiger partial charge < -0.3 is 9.67 Å². The van der Waals surface area contributed by atoms with Gasteiger partial charge in [0.15, 0.2) is 0 Å². The van der Waals surface area contributed by atoms with E-state index in [2.05, 4.69) is 20.6 Å². The van der Waals surface area contributed by atoms with Crippen LogP contribution in [0.4, 0.5) is 0 Å². The third-order valence-electron chi connectivity index (χ3n) is 3.53. The van der Waals surface area contributed by atoms with Crippen molar-refractivity contribution in [1.29, 1.82) is 0 Å². The van der Waals surface area contributed by atoms with Crippen molar-refractivity contribution in [1.82, 2.24) is 14.5 Å². The molecule has 0 bridgehead atoms. The molecule has 3 aromatic heterocycles. The predicted octanol–water partition coefficient (Wildman–Crippen LogP) is 3.19. The van der Waals surface area contributed by atoms with E-state index in [0.29, 0.717) is 6.54 Å². The first kappa shape index (κ1) is 12.5. The highest BCUT2D eigenvalue weighted by Gasteiger charge is 2.10. The normalized spacial score (nSPS) is 11.5.